The molecule has 2 aromatic carbocycles. The number of para-hydroxylation sites is 1. The number of rotatable bonds is 6. The van der Waals surface area contributed by atoms with E-state index in [-0.39, 0.29) is 16.7 Å². The first-order chi connectivity index (χ1) is 14.6. The standard InChI is InChI=1S/C23H28N2O4S/c26-23(22-14-8-16-25(22)30(27,28)21-12-5-2-6-13-21)24-15-7-9-19(17-24)18-29-20-10-3-1-4-11-20/h1-6,10-13,19,22H,7-9,14-18H2. The molecule has 160 valence electrons. The minimum absolute atomic E-state index is 0.0728. The third-order valence-corrected chi connectivity index (χ3v) is 7.82. The Bertz CT molecular complexity index is 950. The third-order valence-electron chi connectivity index (χ3n) is 5.90. The maximum absolute atomic E-state index is 13.3. The quantitative estimate of drug-likeness (QED) is 0.709. The van der Waals surface area contributed by atoms with Crippen LogP contribution in [0.25, 0.3) is 0 Å². The van der Waals surface area contributed by atoms with Crippen LogP contribution in [0, 0.1) is 5.92 Å². The molecular weight excluding hydrogens is 400 g/mol. The average molecular weight is 429 g/mol. The maximum Gasteiger partial charge on any atom is 0.243 e. The molecule has 2 aromatic rings. The fraction of sp³-hybridized carbons (Fsp3) is 0.435. The minimum Gasteiger partial charge on any atom is -0.493 e. The zero-order valence-electron chi connectivity index (χ0n) is 17.0. The van der Waals surface area contributed by atoms with Crippen molar-refractivity contribution in [2.75, 3.05) is 26.2 Å². The van der Waals surface area contributed by atoms with Gasteiger partial charge in [0.1, 0.15) is 11.8 Å². The van der Waals surface area contributed by atoms with Crippen LogP contribution in [-0.4, -0.2) is 55.8 Å². The van der Waals surface area contributed by atoms with E-state index >= 15 is 0 Å². The van der Waals surface area contributed by atoms with Crippen LogP contribution in [0.2, 0.25) is 0 Å². The van der Waals surface area contributed by atoms with E-state index in [1.54, 1.807) is 30.3 Å². The lowest BCUT2D eigenvalue weighted by Crippen LogP contribution is -2.51. The Kier molecular flexibility index (Phi) is 6.39. The Morgan fingerprint density at radius 3 is 2.33 bits per heavy atom. The van der Waals surface area contributed by atoms with E-state index in [1.807, 2.05) is 35.2 Å². The first-order valence-corrected chi connectivity index (χ1v) is 12.0. The van der Waals surface area contributed by atoms with Crippen molar-refractivity contribution in [2.24, 2.45) is 5.92 Å². The molecule has 0 radical (unpaired) electrons. The molecule has 0 aromatic heterocycles. The predicted octanol–water partition coefficient (Wildman–Crippen LogP) is 3.16. The molecule has 0 N–H and O–H groups in total. The van der Waals surface area contributed by atoms with Gasteiger partial charge < -0.3 is 9.64 Å². The van der Waals surface area contributed by atoms with Crippen LogP contribution in [0.15, 0.2) is 65.6 Å². The van der Waals surface area contributed by atoms with Gasteiger partial charge in [-0.25, -0.2) is 8.42 Å². The van der Waals surface area contributed by atoms with E-state index in [2.05, 4.69) is 0 Å². The number of hydrogen-bond donors (Lipinski definition) is 0. The minimum atomic E-state index is -3.67. The summed E-state index contributed by atoms with van der Waals surface area (Å²) in [5.41, 5.74) is 0. The second-order valence-corrected chi connectivity index (χ2v) is 9.89. The Morgan fingerprint density at radius 1 is 0.933 bits per heavy atom. The van der Waals surface area contributed by atoms with E-state index in [4.69, 9.17) is 4.74 Å². The van der Waals surface area contributed by atoms with Gasteiger partial charge in [-0.2, -0.15) is 4.31 Å². The summed E-state index contributed by atoms with van der Waals surface area (Å²) in [5, 5.41) is 0. The highest BCUT2D eigenvalue weighted by molar-refractivity contribution is 7.89. The van der Waals surface area contributed by atoms with Gasteiger partial charge in [0.05, 0.1) is 11.5 Å². The summed E-state index contributed by atoms with van der Waals surface area (Å²) in [7, 11) is -3.67. The SMILES string of the molecule is O=C(C1CCCN1S(=O)(=O)c1ccccc1)N1CCCC(COc2ccccc2)C1. The second-order valence-electron chi connectivity index (χ2n) is 8.00. The summed E-state index contributed by atoms with van der Waals surface area (Å²) in [6.07, 6.45) is 3.20. The lowest BCUT2D eigenvalue weighted by molar-refractivity contribution is -0.136. The summed E-state index contributed by atoms with van der Waals surface area (Å²) in [6.45, 7) is 2.24. The molecule has 4 rings (SSSR count). The number of nitrogens with zero attached hydrogens (tertiary/aromatic N) is 2. The molecule has 2 fully saturated rings. The lowest BCUT2D eigenvalue weighted by atomic mass is 9.98. The van der Waals surface area contributed by atoms with Crippen LogP contribution in [-0.2, 0) is 14.8 Å². The van der Waals surface area contributed by atoms with Crippen molar-refractivity contribution in [3.63, 3.8) is 0 Å². The third kappa shape index (κ3) is 4.52. The van der Waals surface area contributed by atoms with E-state index in [0.29, 0.717) is 39.1 Å². The molecule has 2 unspecified atom stereocenters. The van der Waals surface area contributed by atoms with Gasteiger partial charge in [-0.05, 0) is 49.9 Å². The van der Waals surface area contributed by atoms with Crippen LogP contribution in [0.4, 0.5) is 0 Å². The summed E-state index contributed by atoms with van der Waals surface area (Å²) >= 11 is 0. The van der Waals surface area contributed by atoms with Crippen molar-refractivity contribution in [3.05, 3.63) is 60.7 Å². The first kappa shape index (κ1) is 20.9. The number of hydrogen-bond acceptors (Lipinski definition) is 4. The van der Waals surface area contributed by atoms with Gasteiger partial charge in [0.15, 0.2) is 0 Å². The average Bonchev–Trinajstić information content (AvgIpc) is 3.30. The number of carbonyl (C=O) groups is 1. The molecule has 2 aliphatic heterocycles. The number of amides is 1. The molecule has 2 heterocycles. The fourth-order valence-corrected chi connectivity index (χ4v) is 6.02. The zero-order chi connectivity index (χ0) is 21.0. The van der Waals surface area contributed by atoms with Crippen molar-refractivity contribution in [3.8, 4) is 5.75 Å². The highest BCUT2D eigenvalue weighted by Crippen LogP contribution is 2.29. The molecule has 0 aliphatic carbocycles. The van der Waals surface area contributed by atoms with Crippen molar-refractivity contribution >= 4 is 15.9 Å². The maximum atomic E-state index is 13.3. The number of carbonyl (C=O) groups excluding carboxylic acids is 1. The van der Waals surface area contributed by atoms with Crippen molar-refractivity contribution in [1.82, 2.24) is 9.21 Å². The summed E-state index contributed by atoms with van der Waals surface area (Å²) in [5.74, 6) is 1.01. The molecule has 0 bridgehead atoms. The molecule has 2 saturated heterocycles. The molecule has 0 spiro atoms. The molecule has 2 aliphatic rings. The van der Waals surface area contributed by atoms with E-state index in [0.717, 1.165) is 18.6 Å². The smallest absolute Gasteiger partial charge is 0.243 e. The molecule has 1 amide bonds. The number of likely N-dealkylation sites (tertiary alicyclic amines) is 1. The first-order valence-electron chi connectivity index (χ1n) is 10.6. The van der Waals surface area contributed by atoms with Gasteiger partial charge in [-0.3, -0.25) is 4.79 Å². The zero-order valence-corrected chi connectivity index (χ0v) is 17.8. The van der Waals surface area contributed by atoms with Crippen LogP contribution < -0.4 is 4.74 Å². The number of benzene rings is 2. The normalized spacial score (nSPS) is 22.7. The van der Waals surface area contributed by atoms with Gasteiger partial charge in [-0.1, -0.05) is 36.4 Å². The van der Waals surface area contributed by atoms with Gasteiger partial charge in [0.2, 0.25) is 15.9 Å². The predicted molar refractivity (Wildman–Crippen MR) is 115 cm³/mol. The van der Waals surface area contributed by atoms with Crippen molar-refractivity contribution in [2.45, 2.75) is 36.6 Å². The number of piperidine rings is 1. The Hall–Kier alpha value is -2.38. The molecule has 2 atom stereocenters. The van der Waals surface area contributed by atoms with Gasteiger partial charge in [-0.15, -0.1) is 0 Å². The van der Waals surface area contributed by atoms with E-state index < -0.39 is 16.1 Å². The number of ether oxygens (including phenoxy) is 1. The number of sulfonamides is 1. The highest BCUT2D eigenvalue weighted by Gasteiger charge is 2.41. The molecule has 7 heteroatoms. The van der Waals surface area contributed by atoms with Crippen LogP contribution >= 0.6 is 0 Å². The largest absolute Gasteiger partial charge is 0.493 e. The summed E-state index contributed by atoms with van der Waals surface area (Å²) in [4.78, 5) is 15.4. The lowest BCUT2D eigenvalue weighted by Gasteiger charge is -2.35. The Labute approximate surface area is 178 Å². The highest BCUT2D eigenvalue weighted by atomic mass is 32.2. The topological polar surface area (TPSA) is 66.9 Å². The van der Waals surface area contributed by atoms with Crippen molar-refractivity contribution in [1.29, 1.82) is 0 Å². The monoisotopic (exact) mass is 428 g/mol. The van der Waals surface area contributed by atoms with Crippen LogP contribution in [0.1, 0.15) is 25.7 Å². The Balaban J connectivity index is 1.41. The van der Waals surface area contributed by atoms with Crippen LogP contribution in [0.5, 0.6) is 5.75 Å². The molecule has 6 nitrogen and oxygen atoms in total. The van der Waals surface area contributed by atoms with Gasteiger partial charge in [0.25, 0.3) is 0 Å². The fourth-order valence-electron chi connectivity index (χ4n) is 4.35. The van der Waals surface area contributed by atoms with E-state index in [1.165, 1.54) is 4.31 Å². The van der Waals surface area contributed by atoms with Crippen molar-refractivity contribution < 1.29 is 17.9 Å². The molecule has 0 saturated carbocycles. The van der Waals surface area contributed by atoms with Gasteiger partial charge in [0, 0.05) is 25.6 Å². The Morgan fingerprint density at radius 2 is 1.60 bits per heavy atom. The second kappa shape index (κ2) is 9.18. The van der Waals surface area contributed by atoms with E-state index in [9.17, 15) is 13.2 Å². The summed E-state index contributed by atoms with van der Waals surface area (Å²) in [6, 6.07) is 17.5. The van der Waals surface area contributed by atoms with Crippen LogP contribution in [0.3, 0.4) is 0 Å². The van der Waals surface area contributed by atoms with Gasteiger partial charge >= 0.3 is 0 Å². The summed E-state index contributed by atoms with van der Waals surface area (Å²) < 4.78 is 33.5. The molecule has 30 heavy (non-hydrogen) atoms. The molecular formula is C23H28N2O4S.